The van der Waals surface area contributed by atoms with E-state index in [1.165, 1.54) is 0 Å². The Morgan fingerprint density at radius 3 is 2.57 bits per heavy atom. The van der Waals surface area contributed by atoms with E-state index in [0.717, 1.165) is 10.9 Å². The standard InChI is InChI=1S/C17H22BrNO3S/c1-4-9-22-17(21)14-10-23-16(11(2)3)19(14)15(20)12-5-7-13(18)8-6-12/h5-8,11,14,16H,4,9-10H2,1-3H3. The van der Waals surface area contributed by atoms with Gasteiger partial charge in [-0.25, -0.2) is 4.79 Å². The first-order valence-electron chi connectivity index (χ1n) is 7.82. The van der Waals surface area contributed by atoms with Crippen LogP contribution in [0.3, 0.4) is 0 Å². The average Bonchev–Trinajstić information content (AvgIpc) is 2.97. The molecule has 2 atom stereocenters. The Balaban J connectivity index is 2.25. The molecule has 23 heavy (non-hydrogen) atoms. The third-order valence-corrected chi connectivity index (χ3v) is 5.80. The fourth-order valence-electron chi connectivity index (χ4n) is 2.52. The summed E-state index contributed by atoms with van der Waals surface area (Å²) in [6.45, 7) is 6.49. The summed E-state index contributed by atoms with van der Waals surface area (Å²) in [6.07, 6.45) is 0.778. The Morgan fingerprint density at radius 2 is 2.00 bits per heavy atom. The van der Waals surface area contributed by atoms with Gasteiger partial charge in [0, 0.05) is 15.8 Å². The molecule has 0 spiro atoms. The van der Waals surface area contributed by atoms with Crippen molar-refractivity contribution in [3.05, 3.63) is 34.3 Å². The minimum Gasteiger partial charge on any atom is -0.464 e. The fraction of sp³-hybridized carbons (Fsp3) is 0.529. The molecule has 4 nitrogen and oxygen atoms in total. The lowest BCUT2D eigenvalue weighted by atomic mass is 10.1. The van der Waals surface area contributed by atoms with E-state index in [0.29, 0.717) is 17.9 Å². The van der Waals surface area contributed by atoms with Gasteiger partial charge in [-0.1, -0.05) is 36.7 Å². The molecule has 126 valence electrons. The molecule has 2 unspecified atom stereocenters. The number of thioether (sulfide) groups is 1. The third kappa shape index (κ3) is 4.29. The van der Waals surface area contributed by atoms with Gasteiger partial charge >= 0.3 is 5.97 Å². The largest absolute Gasteiger partial charge is 0.464 e. The van der Waals surface area contributed by atoms with Crippen LogP contribution in [0.5, 0.6) is 0 Å². The first-order valence-corrected chi connectivity index (χ1v) is 9.66. The number of rotatable bonds is 5. The van der Waals surface area contributed by atoms with Crippen LogP contribution < -0.4 is 0 Å². The van der Waals surface area contributed by atoms with Crippen LogP contribution in [-0.2, 0) is 9.53 Å². The van der Waals surface area contributed by atoms with Crippen LogP contribution in [0.25, 0.3) is 0 Å². The van der Waals surface area contributed by atoms with Crippen LogP contribution in [0.4, 0.5) is 0 Å². The zero-order valence-electron chi connectivity index (χ0n) is 13.6. The number of hydrogen-bond acceptors (Lipinski definition) is 4. The minimum atomic E-state index is -0.505. The van der Waals surface area contributed by atoms with Crippen molar-refractivity contribution >= 4 is 39.6 Å². The second-order valence-electron chi connectivity index (χ2n) is 5.87. The molecule has 1 aromatic rings. The van der Waals surface area contributed by atoms with Crippen molar-refractivity contribution in [3.63, 3.8) is 0 Å². The Bertz CT molecular complexity index is 561. The van der Waals surface area contributed by atoms with Gasteiger partial charge in [0.1, 0.15) is 6.04 Å². The van der Waals surface area contributed by atoms with E-state index >= 15 is 0 Å². The van der Waals surface area contributed by atoms with Crippen LogP contribution >= 0.6 is 27.7 Å². The molecule has 6 heteroatoms. The molecule has 0 saturated carbocycles. The number of halogens is 1. The summed E-state index contributed by atoms with van der Waals surface area (Å²) in [7, 11) is 0. The quantitative estimate of drug-likeness (QED) is 0.703. The molecular weight excluding hydrogens is 378 g/mol. The number of ether oxygens (including phenoxy) is 1. The summed E-state index contributed by atoms with van der Waals surface area (Å²) in [6, 6.07) is 6.73. The van der Waals surface area contributed by atoms with Gasteiger partial charge in [-0.15, -0.1) is 11.8 Å². The van der Waals surface area contributed by atoms with Gasteiger partial charge in [-0.3, -0.25) is 4.79 Å². The van der Waals surface area contributed by atoms with Crippen LogP contribution in [0, 0.1) is 5.92 Å². The van der Waals surface area contributed by atoms with Crippen molar-refractivity contribution in [2.45, 2.75) is 38.6 Å². The van der Waals surface area contributed by atoms with E-state index in [1.807, 2.05) is 19.1 Å². The fourth-order valence-corrected chi connectivity index (χ4v) is 4.25. The third-order valence-electron chi connectivity index (χ3n) is 3.65. The molecule has 1 saturated heterocycles. The summed E-state index contributed by atoms with van der Waals surface area (Å²) in [5, 5.41) is -0.00896. The normalized spacial score (nSPS) is 20.8. The maximum atomic E-state index is 13.0. The summed E-state index contributed by atoms with van der Waals surface area (Å²) in [5.41, 5.74) is 0.592. The molecule has 0 aromatic heterocycles. The smallest absolute Gasteiger partial charge is 0.329 e. The zero-order chi connectivity index (χ0) is 17.0. The average molecular weight is 400 g/mol. The molecular formula is C17H22BrNO3S. The van der Waals surface area contributed by atoms with Gasteiger partial charge in [0.15, 0.2) is 0 Å². The number of benzene rings is 1. The van der Waals surface area contributed by atoms with E-state index < -0.39 is 6.04 Å². The van der Waals surface area contributed by atoms with E-state index in [9.17, 15) is 9.59 Å². The number of carbonyl (C=O) groups excluding carboxylic acids is 2. The van der Waals surface area contributed by atoms with Gasteiger partial charge in [-0.2, -0.15) is 0 Å². The van der Waals surface area contributed by atoms with Crippen LogP contribution in [0.15, 0.2) is 28.7 Å². The first-order chi connectivity index (χ1) is 11.0. The summed E-state index contributed by atoms with van der Waals surface area (Å²) >= 11 is 5.02. The molecule has 2 rings (SSSR count). The van der Waals surface area contributed by atoms with E-state index in [2.05, 4.69) is 29.8 Å². The Labute approximate surface area is 150 Å². The minimum absolute atomic E-state index is 0.00896. The highest BCUT2D eigenvalue weighted by molar-refractivity contribution is 9.10. The molecule has 0 aliphatic carbocycles. The van der Waals surface area contributed by atoms with E-state index in [1.54, 1.807) is 28.8 Å². The Hall–Kier alpha value is -1.01. The highest BCUT2D eigenvalue weighted by atomic mass is 79.9. The molecule has 0 bridgehead atoms. The van der Waals surface area contributed by atoms with Crippen molar-refractivity contribution in [2.24, 2.45) is 5.92 Å². The van der Waals surface area contributed by atoms with Crippen molar-refractivity contribution in [2.75, 3.05) is 12.4 Å². The molecule has 1 amide bonds. The number of amides is 1. The number of nitrogens with zero attached hydrogens (tertiary/aromatic N) is 1. The molecule has 1 aliphatic heterocycles. The van der Waals surface area contributed by atoms with E-state index in [-0.39, 0.29) is 23.2 Å². The van der Waals surface area contributed by atoms with Crippen molar-refractivity contribution in [3.8, 4) is 0 Å². The number of carbonyl (C=O) groups is 2. The number of hydrogen-bond donors (Lipinski definition) is 0. The summed E-state index contributed by atoms with van der Waals surface area (Å²) in [4.78, 5) is 27.0. The van der Waals surface area contributed by atoms with Crippen molar-refractivity contribution in [1.82, 2.24) is 4.90 Å². The van der Waals surface area contributed by atoms with Crippen molar-refractivity contribution in [1.29, 1.82) is 0 Å². The topological polar surface area (TPSA) is 46.6 Å². The lowest BCUT2D eigenvalue weighted by molar-refractivity contribution is -0.148. The highest BCUT2D eigenvalue weighted by Crippen LogP contribution is 2.35. The second-order valence-corrected chi connectivity index (χ2v) is 7.94. The van der Waals surface area contributed by atoms with Gasteiger partial charge in [0.05, 0.1) is 12.0 Å². The summed E-state index contributed by atoms with van der Waals surface area (Å²) < 4.78 is 6.21. The molecule has 0 radical (unpaired) electrons. The SMILES string of the molecule is CCCOC(=O)C1CSC(C(C)C)N1C(=O)c1ccc(Br)cc1. The van der Waals surface area contributed by atoms with Crippen LogP contribution in [0.2, 0.25) is 0 Å². The molecule has 1 aliphatic rings. The maximum absolute atomic E-state index is 13.0. The second kappa shape index (κ2) is 8.20. The van der Waals surface area contributed by atoms with Gasteiger partial charge in [0.25, 0.3) is 5.91 Å². The number of esters is 1. The van der Waals surface area contributed by atoms with Crippen LogP contribution in [-0.4, -0.2) is 40.6 Å². The van der Waals surface area contributed by atoms with Crippen molar-refractivity contribution < 1.29 is 14.3 Å². The highest BCUT2D eigenvalue weighted by Gasteiger charge is 2.43. The first kappa shape index (κ1) is 18.3. The maximum Gasteiger partial charge on any atom is 0.329 e. The Kier molecular flexibility index (Phi) is 6.53. The van der Waals surface area contributed by atoms with Gasteiger partial charge < -0.3 is 9.64 Å². The van der Waals surface area contributed by atoms with Crippen LogP contribution in [0.1, 0.15) is 37.6 Å². The Morgan fingerprint density at radius 1 is 1.35 bits per heavy atom. The zero-order valence-corrected chi connectivity index (χ0v) is 16.0. The predicted octanol–water partition coefficient (Wildman–Crippen LogP) is 3.94. The predicted molar refractivity (Wildman–Crippen MR) is 96.4 cm³/mol. The van der Waals surface area contributed by atoms with Gasteiger partial charge in [0.2, 0.25) is 0 Å². The molecule has 1 aromatic carbocycles. The lowest BCUT2D eigenvalue weighted by Gasteiger charge is -2.30. The lowest BCUT2D eigenvalue weighted by Crippen LogP contribution is -2.47. The molecule has 1 fully saturated rings. The monoisotopic (exact) mass is 399 g/mol. The molecule has 0 N–H and O–H groups in total. The van der Waals surface area contributed by atoms with E-state index in [4.69, 9.17) is 4.74 Å². The summed E-state index contributed by atoms with van der Waals surface area (Å²) in [5.74, 6) is 0.448. The molecule has 1 heterocycles. The van der Waals surface area contributed by atoms with Gasteiger partial charge in [-0.05, 0) is 36.6 Å².